The quantitative estimate of drug-likeness (QED) is 0.303. The fourth-order valence-corrected chi connectivity index (χ4v) is 5.60. The predicted octanol–water partition coefficient (Wildman–Crippen LogP) is 3.79. The lowest BCUT2D eigenvalue weighted by molar-refractivity contribution is -0.170. The van der Waals surface area contributed by atoms with E-state index in [-0.39, 0.29) is 47.9 Å². The van der Waals surface area contributed by atoms with Crippen LogP contribution in [0.3, 0.4) is 0 Å². The lowest BCUT2D eigenvalue weighted by Gasteiger charge is -2.42. The maximum atomic E-state index is 12.8. The van der Waals surface area contributed by atoms with Crippen LogP contribution in [-0.4, -0.2) is 76.9 Å². The Balaban J connectivity index is 1.40. The van der Waals surface area contributed by atoms with Gasteiger partial charge in [-0.1, -0.05) is 11.6 Å². The second-order valence-electron chi connectivity index (χ2n) is 10.5. The van der Waals surface area contributed by atoms with E-state index in [2.05, 4.69) is 32.2 Å². The fourth-order valence-electron chi connectivity index (χ4n) is 5.60. The van der Waals surface area contributed by atoms with E-state index in [1.165, 1.54) is 5.57 Å². The number of ether oxygens (including phenoxy) is 5. The van der Waals surface area contributed by atoms with Crippen molar-refractivity contribution in [3.05, 3.63) is 29.8 Å². The van der Waals surface area contributed by atoms with Gasteiger partial charge in [-0.25, -0.2) is 0 Å². The molecule has 1 aromatic rings. The standard InChI is InChI=1S/C27H40N2O6/c1-17(2)8-11-22-26(3,35-22)25-24(32-7)21(12-13-27(25)16-33-27)34-23(30)15-28-18-9-10-20(31-6)19(14-18)29(4)5/h8-10,14,21-22,24-25,28H,11-13,15-16H2,1-7H3/t21-,22-,24-,25-,26-,27+/m1/s1. The Kier molecular flexibility index (Phi) is 7.36. The van der Waals surface area contributed by atoms with Crippen LogP contribution >= 0.6 is 0 Å². The highest BCUT2D eigenvalue weighted by molar-refractivity contribution is 5.76. The third kappa shape index (κ3) is 5.29. The number of carbonyl (C=O) groups excluding carboxylic acids is 1. The molecule has 6 atom stereocenters. The van der Waals surface area contributed by atoms with E-state index < -0.39 is 0 Å². The monoisotopic (exact) mass is 488 g/mol. The molecule has 1 spiro atoms. The molecule has 8 heteroatoms. The first-order chi connectivity index (χ1) is 16.6. The molecule has 2 saturated heterocycles. The number of nitrogens with one attached hydrogen (secondary N) is 1. The zero-order chi connectivity index (χ0) is 25.4. The minimum atomic E-state index is -0.349. The molecule has 0 amide bonds. The highest BCUT2D eigenvalue weighted by Crippen LogP contribution is 2.59. The van der Waals surface area contributed by atoms with Crippen LogP contribution in [0.25, 0.3) is 0 Å². The van der Waals surface area contributed by atoms with Crippen LogP contribution in [0.15, 0.2) is 29.8 Å². The zero-order valence-electron chi connectivity index (χ0n) is 22.1. The summed E-state index contributed by atoms with van der Waals surface area (Å²) in [4.78, 5) is 14.8. The maximum Gasteiger partial charge on any atom is 0.325 e. The molecule has 194 valence electrons. The van der Waals surface area contributed by atoms with Crippen molar-refractivity contribution in [1.29, 1.82) is 0 Å². The number of methoxy groups -OCH3 is 2. The number of benzene rings is 1. The molecular weight excluding hydrogens is 448 g/mol. The van der Waals surface area contributed by atoms with Gasteiger partial charge in [0.15, 0.2) is 0 Å². The van der Waals surface area contributed by atoms with E-state index in [4.69, 9.17) is 23.7 Å². The number of hydrogen-bond donors (Lipinski definition) is 1. The minimum Gasteiger partial charge on any atom is -0.495 e. The summed E-state index contributed by atoms with van der Waals surface area (Å²) in [5, 5.41) is 3.18. The molecule has 2 aliphatic heterocycles. The van der Waals surface area contributed by atoms with Crippen molar-refractivity contribution in [2.45, 2.75) is 69.5 Å². The molecule has 1 aromatic carbocycles. The van der Waals surface area contributed by atoms with Crippen LogP contribution in [0, 0.1) is 5.92 Å². The number of hydrogen-bond acceptors (Lipinski definition) is 8. The summed E-state index contributed by atoms with van der Waals surface area (Å²) in [7, 11) is 7.23. The summed E-state index contributed by atoms with van der Waals surface area (Å²) in [5.74, 6) is 0.474. The average Bonchev–Trinajstić information content (AvgIpc) is 3.74. The summed E-state index contributed by atoms with van der Waals surface area (Å²) < 4.78 is 29.6. The highest BCUT2D eigenvalue weighted by Gasteiger charge is 2.72. The van der Waals surface area contributed by atoms with Gasteiger partial charge in [-0.15, -0.1) is 0 Å². The van der Waals surface area contributed by atoms with Crippen LogP contribution in [0.1, 0.15) is 40.0 Å². The summed E-state index contributed by atoms with van der Waals surface area (Å²) >= 11 is 0. The summed E-state index contributed by atoms with van der Waals surface area (Å²) in [6.07, 6.45) is 4.13. The molecule has 3 fully saturated rings. The maximum absolute atomic E-state index is 12.8. The molecule has 1 N–H and O–H groups in total. The molecule has 0 unspecified atom stereocenters. The van der Waals surface area contributed by atoms with Gasteiger partial charge in [0.05, 0.1) is 31.4 Å². The second-order valence-corrected chi connectivity index (χ2v) is 10.5. The smallest absolute Gasteiger partial charge is 0.325 e. The molecule has 0 radical (unpaired) electrons. The summed E-state index contributed by atoms with van der Waals surface area (Å²) in [6.45, 7) is 7.12. The molecular formula is C27H40N2O6. The van der Waals surface area contributed by atoms with Crippen LogP contribution in [0.5, 0.6) is 5.75 Å². The van der Waals surface area contributed by atoms with Crippen LogP contribution in [0.2, 0.25) is 0 Å². The third-order valence-electron chi connectivity index (χ3n) is 7.62. The predicted molar refractivity (Wildman–Crippen MR) is 135 cm³/mol. The van der Waals surface area contributed by atoms with Gasteiger partial charge in [0.25, 0.3) is 0 Å². The van der Waals surface area contributed by atoms with E-state index in [0.717, 1.165) is 30.0 Å². The number of anilines is 2. The molecule has 2 heterocycles. The zero-order valence-corrected chi connectivity index (χ0v) is 22.1. The van der Waals surface area contributed by atoms with Crippen molar-refractivity contribution in [2.24, 2.45) is 5.92 Å². The van der Waals surface area contributed by atoms with Gasteiger partial charge < -0.3 is 33.9 Å². The lowest BCUT2D eigenvalue weighted by atomic mass is 9.68. The topological polar surface area (TPSA) is 85.1 Å². The Bertz CT molecular complexity index is 955. The Morgan fingerprint density at radius 2 is 2.03 bits per heavy atom. The van der Waals surface area contributed by atoms with Gasteiger partial charge in [0, 0.05) is 26.9 Å². The Labute approximate surface area is 208 Å². The van der Waals surface area contributed by atoms with E-state index in [0.29, 0.717) is 13.0 Å². The van der Waals surface area contributed by atoms with Crippen molar-refractivity contribution >= 4 is 17.3 Å². The summed E-state index contributed by atoms with van der Waals surface area (Å²) in [6, 6.07) is 5.72. The van der Waals surface area contributed by atoms with Gasteiger partial charge in [0.1, 0.15) is 35.7 Å². The minimum absolute atomic E-state index is 0.0132. The van der Waals surface area contributed by atoms with Crippen molar-refractivity contribution in [2.75, 3.05) is 51.7 Å². The molecule has 3 aliphatic rings. The Morgan fingerprint density at radius 3 is 2.63 bits per heavy atom. The second kappa shape index (κ2) is 9.99. The molecule has 1 aliphatic carbocycles. The molecule has 35 heavy (non-hydrogen) atoms. The number of nitrogens with zero attached hydrogens (tertiary/aromatic N) is 1. The van der Waals surface area contributed by atoms with Gasteiger partial charge in [-0.2, -0.15) is 0 Å². The summed E-state index contributed by atoms with van der Waals surface area (Å²) in [5.41, 5.74) is 2.44. The van der Waals surface area contributed by atoms with Gasteiger partial charge in [-0.05, 0) is 58.2 Å². The highest BCUT2D eigenvalue weighted by atomic mass is 16.6. The van der Waals surface area contributed by atoms with Crippen molar-refractivity contribution in [3.63, 3.8) is 0 Å². The third-order valence-corrected chi connectivity index (χ3v) is 7.62. The number of carbonyl (C=O) groups is 1. The van der Waals surface area contributed by atoms with E-state index >= 15 is 0 Å². The van der Waals surface area contributed by atoms with Gasteiger partial charge in [0.2, 0.25) is 0 Å². The van der Waals surface area contributed by atoms with E-state index in [9.17, 15) is 4.79 Å². The number of allylic oxidation sites excluding steroid dienone is 1. The average molecular weight is 489 g/mol. The first kappa shape index (κ1) is 25.8. The van der Waals surface area contributed by atoms with Gasteiger partial charge in [-0.3, -0.25) is 4.79 Å². The molecule has 0 aromatic heterocycles. The fraction of sp³-hybridized carbons (Fsp3) is 0.667. The normalized spacial score (nSPS) is 33.1. The molecule has 4 rings (SSSR count). The Morgan fingerprint density at radius 1 is 1.29 bits per heavy atom. The lowest BCUT2D eigenvalue weighted by Crippen LogP contribution is -2.55. The van der Waals surface area contributed by atoms with Crippen LogP contribution in [0.4, 0.5) is 11.4 Å². The van der Waals surface area contributed by atoms with Crippen molar-refractivity contribution in [1.82, 2.24) is 0 Å². The molecule has 0 bridgehead atoms. The van der Waals surface area contributed by atoms with E-state index in [1.807, 2.05) is 37.2 Å². The molecule has 8 nitrogen and oxygen atoms in total. The van der Waals surface area contributed by atoms with E-state index in [1.54, 1.807) is 14.2 Å². The van der Waals surface area contributed by atoms with Crippen molar-refractivity contribution < 1.29 is 28.5 Å². The largest absolute Gasteiger partial charge is 0.495 e. The van der Waals surface area contributed by atoms with Crippen LogP contribution in [-0.2, 0) is 23.7 Å². The SMILES string of the molecule is COc1ccc(NCC(=O)O[C@@H]2CC[C@]3(CO3)[C@@H]([C@]3(C)O[C@@H]3CC=C(C)C)[C@@H]2OC)cc1N(C)C. The Hall–Kier alpha value is -2.29. The van der Waals surface area contributed by atoms with Gasteiger partial charge >= 0.3 is 5.97 Å². The number of esters is 1. The number of epoxide rings is 2. The number of rotatable bonds is 10. The van der Waals surface area contributed by atoms with Crippen LogP contribution < -0.4 is 15.0 Å². The first-order valence-electron chi connectivity index (χ1n) is 12.4. The molecule has 1 saturated carbocycles. The van der Waals surface area contributed by atoms with Crippen molar-refractivity contribution in [3.8, 4) is 5.75 Å². The first-order valence-corrected chi connectivity index (χ1v) is 12.4.